The molecule has 4 nitrogen and oxygen atoms in total. The van der Waals surface area contributed by atoms with Crippen LogP contribution in [-0.2, 0) is 11.3 Å². The molecule has 0 aliphatic carbocycles. The molecule has 0 unspecified atom stereocenters. The van der Waals surface area contributed by atoms with Crippen LogP contribution < -0.4 is 5.32 Å². The van der Waals surface area contributed by atoms with Crippen molar-refractivity contribution in [3.05, 3.63) is 30.1 Å². The van der Waals surface area contributed by atoms with Crippen molar-refractivity contribution >= 4 is 5.91 Å². The van der Waals surface area contributed by atoms with E-state index in [0.29, 0.717) is 6.54 Å². The normalized spacial score (nSPS) is 12.2. The molecule has 2 N–H and O–H groups in total. The molecule has 0 aliphatic rings. The lowest BCUT2D eigenvalue weighted by molar-refractivity contribution is -0.128. The van der Waals surface area contributed by atoms with Crippen LogP contribution >= 0.6 is 0 Å². The second kappa shape index (κ2) is 4.57. The van der Waals surface area contributed by atoms with Crippen LogP contribution in [0.3, 0.4) is 0 Å². The Morgan fingerprint density at radius 1 is 1.77 bits per heavy atom. The lowest BCUT2D eigenvalue weighted by Gasteiger charge is -2.05. The van der Waals surface area contributed by atoms with Gasteiger partial charge in [-0.3, -0.25) is 9.78 Å². The summed E-state index contributed by atoms with van der Waals surface area (Å²) in [5.41, 5.74) is 0.913. The van der Waals surface area contributed by atoms with E-state index in [9.17, 15) is 4.79 Å². The van der Waals surface area contributed by atoms with Crippen LogP contribution in [0.4, 0.5) is 0 Å². The van der Waals surface area contributed by atoms with Crippen molar-refractivity contribution in [2.75, 3.05) is 0 Å². The summed E-state index contributed by atoms with van der Waals surface area (Å²) in [4.78, 5) is 14.8. The molecule has 0 aliphatic heterocycles. The van der Waals surface area contributed by atoms with E-state index in [1.54, 1.807) is 18.5 Å². The topological polar surface area (TPSA) is 62.2 Å². The van der Waals surface area contributed by atoms with E-state index in [2.05, 4.69) is 10.3 Å². The van der Waals surface area contributed by atoms with Gasteiger partial charge in [-0.05, 0) is 18.6 Å². The number of nitrogens with one attached hydrogen (secondary N) is 1. The van der Waals surface area contributed by atoms with Crippen molar-refractivity contribution in [1.82, 2.24) is 10.3 Å². The number of aromatic nitrogens is 1. The Hall–Kier alpha value is -1.42. The minimum Gasteiger partial charge on any atom is -0.384 e. The fraction of sp³-hybridized carbons (Fsp3) is 0.333. The van der Waals surface area contributed by atoms with Gasteiger partial charge < -0.3 is 10.4 Å². The molecule has 0 saturated carbocycles. The molecule has 0 saturated heterocycles. The highest BCUT2D eigenvalue weighted by Gasteiger charge is 2.06. The van der Waals surface area contributed by atoms with Gasteiger partial charge in [0.2, 0.25) is 5.91 Å². The predicted octanol–water partition coefficient (Wildman–Crippen LogP) is 0.0786. The standard InChI is InChI=1S/C9H12N2O2/c1-7(12)9(13)11-6-8-3-2-4-10-5-8/h2-5,7,12H,6H2,1H3,(H,11,13)/t7-/m1/s1. The quantitative estimate of drug-likeness (QED) is 0.692. The Kier molecular flexibility index (Phi) is 3.40. The van der Waals surface area contributed by atoms with Crippen LogP contribution in [0.1, 0.15) is 12.5 Å². The smallest absolute Gasteiger partial charge is 0.248 e. The first-order valence-corrected chi connectivity index (χ1v) is 4.05. The van der Waals surface area contributed by atoms with E-state index in [1.165, 1.54) is 6.92 Å². The third kappa shape index (κ3) is 3.21. The number of aliphatic hydroxyl groups excluding tert-OH is 1. The zero-order valence-electron chi connectivity index (χ0n) is 7.40. The number of hydrogen-bond donors (Lipinski definition) is 2. The Balaban J connectivity index is 2.40. The number of rotatable bonds is 3. The van der Waals surface area contributed by atoms with Gasteiger partial charge in [0, 0.05) is 18.9 Å². The molecule has 70 valence electrons. The average molecular weight is 180 g/mol. The average Bonchev–Trinajstić information content (AvgIpc) is 2.15. The van der Waals surface area contributed by atoms with Gasteiger partial charge in [0.05, 0.1) is 0 Å². The van der Waals surface area contributed by atoms with Crippen LogP contribution in [0.25, 0.3) is 0 Å². The molecule has 1 heterocycles. The number of amides is 1. The van der Waals surface area contributed by atoms with Gasteiger partial charge in [0.25, 0.3) is 0 Å². The molecule has 0 bridgehead atoms. The summed E-state index contributed by atoms with van der Waals surface area (Å²) in [5, 5.41) is 11.4. The SMILES string of the molecule is C[C@@H](O)C(=O)NCc1cccnc1. The highest BCUT2D eigenvalue weighted by Crippen LogP contribution is 1.94. The number of aliphatic hydroxyl groups is 1. The summed E-state index contributed by atoms with van der Waals surface area (Å²) in [7, 11) is 0. The van der Waals surface area contributed by atoms with E-state index in [4.69, 9.17) is 5.11 Å². The van der Waals surface area contributed by atoms with Crippen molar-refractivity contribution in [2.24, 2.45) is 0 Å². The maximum atomic E-state index is 10.9. The predicted molar refractivity (Wildman–Crippen MR) is 47.8 cm³/mol. The first kappa shape index (κ1) is 9.67. The molecule has 1 rings (SSSR count). The van der Waals surface area contributed by atoms with Gasteiger partial charge in [-0.1, -0.05) is 6.07 Å². The fourth-order valence-corrected chi connectivity index (χ4v) is 0.840. The summed E-state index contributed by atoms with van der Waals surface area (Å²) in [6, 6.07) is 3.65. The van der Waals surface area contributed by atoms with Crippen LogP contribution in [0, 0.1) is 0 Å². The van der Waals surface area contributed by atoms with Crippen molar-refractivity contribution < 1.29 is 9.90 Å². The Morgan fingerprint density at radius 2 is 2.54 bits per heavy atom. The molecule has 0 fully saturated rings. The van der Waals surface area contributed by atoms with Crippen LogP contribution in [0.2, 0.25) is 0 Å². The van der Waals surface area contributed by atoms with Gasteiger partial charge in [-0.2, -0.15) is 0 Å². The number of pyridine rings is 1. The van der Waals surface area contributed by atoms with E-state index < -0.39 is 6.10 Å². The molecule has 0 spiro atoms. The lowest BCUT2D eigenvalue weighted by Crippen LogP contribution is -2.31. The summed E-state index contributed by atoms with van der Waals surface area (Å²) in [6.45, 7) is 1.83. The van der Waals surface area contributed by atoms with Crippen molar-refractivity contribution in [2.45, 2.75) is 19.6 Å². The molecular weight excluding hydrogens is 168 g/mol. The van der Waals surface area contributed by atoms with Crippen LogP contribution in [0.5, 0.6) is 0 Å². The largest absolute Gasteiger partial charge is 0.384 e. The van der Waals surface area contributed by atoms with Crippen molar-refractivity contribution in [3.8, 4) is 0 Å². The Morgan fingerprint density at radius 3 is 3.08 bits per heavy atom. The van der Waals surface area contributed by atoms with Crippen molar-refractivity contribution in [1.29, 1.82) is 0 Å². The summed E-state index contributed by atoms with van der Waals surface area (Å²) in [5.74, 6) is -0.371. The zero-order chi connectivity index (χ0) is 9.68. The summed E-state index contributed by atoms with van der Waals surface area (Å²) >= 11 is 0. The highest BCUT2D eigenvalue weighted by atomic mass is 16.3. The van der Waals surface area contributed by atoms with Crippen molar-refractivity contribution in [3.63, 3.8) is 0 Å². The van der Waals surface area contributed by atoms with E-state index >= 15 is 0 Å². The summed E-state index contributed by atoms with van der Waals surface area (Å²) < 4.78 is 0. The third-order valence-electron chi connectivity index (χ3n) is 1.57. The van der Waals surface area contributed by atoms with E-state index in [-0.39, 0.29) is 5.91 Å². The molecule has 13 heavy (non-hydrogen) atoms. The number of carbonyl (C=O) groups is 1. The number of carbonyl (C=O) groups excluding carboxylic acids is 1. The van der Waals surface area contributed by atoms with E-state index in [1.807, 2.05) is 6.07 Å². The Bertz CT molecular complexity index is 272. The van der Waals surface area contributed by atoms with Gasteiger partial charge in [-0.25, -0.2) is 0 Å². The Labute approximate surface area is 76.6 Å². The third-order valence-corrected chi connectivity index (χ3v) is 1.57. The van der Waals surface area contributed by atoms with Gasteiger partial charge >= 0.3 is 0 Å². The van der Waals surface area contributed by atoms with Gasteiger partial charge in [0.1, 0.15) is 6.10 Å². The second-order valence-electron chi connectivity index (χ2n) is 2.76. The molecule has 1 aromatic heterocycles. The maximum absolute atomic E-state index is 10.9. The molecular formula is C9H12N2O2. The molecule has 4 heteroatoms. The summed E-state index contributed by atoms with van der Waals surface area (Å²) in [6.07, 6.45) is 2.37. The maximum Gasteiger partial charge on any atom is 0.248 e. The van der Waals surface area contributed by atoms with E-state index in [0.717, 1.165) is 5.56 Å². The second-order valence-corrected chi connectivity index (χ2v) is 2.76. The first-order chi connectivity index (χ1) is 6.20. The zero-order valence-corrected chi connectivity index (χ0v) is 7.40. The number of hydrogen-bond acceptors (Lipinski definition) is 3. The molecule has 1 atom stereocenters. The molecule has 1 aromatic rings. The fourth-order valence-electron chi connectivity index (χ4n) is 0.840. The lowest BCUT2D eigenvalue weighted by atomic mass is 10.3. The van der Waals surface area contributed by atoms with Gasteiger partial charge in [-0.15, -0.1) is 0 Å². The van der Waals surface area contributed by atoms with Crippen LogP contribution in [-0.4, -0.2) is 22.1 Å². The van der Waals surface area contributed by atoms with Crippen LogP contribution in [0.15, 0.2) is 24.5 Å². The molecule has 0 radical (unpaired) electrons. The first-order valence-electron chi connectivity index (χ1n) is 4.05. The molecule has 0 aromatic carbocycles. The minimum atomic E-state index is -0.961. The minimum absolute atomic E-state index is 0.371. The number of nitrogens with zero attached hydrogens (tertiary/aromatic N) is 1. The molecule has 1 amide bonds. The highest BCUT2D eigenvalue weighted by molar-refractivity contribution is 5.79. The van der Waals surface area contributed by atoms with Gasteiger partial charge in [0.15, 0.2) is 0 Å². The monoisotopic (exact) mass is 180 g/mol.